The Morgan fingerprint density at radius 1 is 1.00 bits per heavy atom. The number of fused-ring (bicyclic) bond motifs is 2. The molecule has 3 rings (SSSR count). The summed E-state index contributed by atoms with van der Waals surface area (Å²) in [5.74, 6) is 1.27. The van der Waals surface area contributed by atoms with E-state index in [1.807, 2.05) is 0 Å². The van der Waals surface area contributed by atoms with Crippen LogP contribution in [0.25, 0.3) is 0 Å². The van der Waals surface area contributed by atoms with Gasteiger partial charge in [0.2, 0.25) is 0 Å². The van der Waals surface area contributed by atoms with Gasteiger partial charge in [0.15, 0.2) is 0 Å². The molecule has 0 aromatic carbocycles. The van der Waals surface area contributed by atoms with E-state index in [4.69, 9.17) is 4.99 Å². The zero-order valence-corrected chi connectivity index (χ0v) is 17.7. The molecule has 27 heavy (non-hydrogen) atoms. The number of amidine groups is 1. The maximum Gasteiger partial charge on any atom is 0.143 e. The number of nitrogens with zero attached hydrogens (tertiary/aromatic N) is 1. The van der Waals surface area contributed by atoms with Crippen molar-refractivity contribution in [3.05, 3.63) is 0 Å². The Hall–Kier alpha value is -0.900. The van der Waals surface area contributed by atoms with E-state index in [0.29, 0.717) is 18.2 Å². The smallest absolute Gasteiger partial charge is 0.143 e. The second kappa shape index (κ2) is 8.63. The fraction of sp³-hybridized carbons (Fsp3) is 0.913. The lowest BCUT2D eigenvalue weighted by molar-refractivity contribution is -0.121. The summed E-state index contributed by atoms with van der Waals surface area (Å²) in [6.45, 7) is 7.01. The van der Waals surface area contributed by atoms with E-state index < -0.39 is 0 Å². The number of Topliss-reactive ketones (excluding diaryl/α,β-unsaturated/α-hetero) is 1. The molecule has 3 aliphatic carbocycles. The van der Waals surface area contributed by atoms with Crippen LogP contribution in [0.2, 0.25) is 0 Å². The summed E-state index contributed by atoms with van der Waals surface area (Å²) in [4.78, 5) is 18.1. The Morgan fingerprint density at radius 2 is 1.63 bits per heavy atom. The van der Waals surface area contributed by atoms with Gasteiger partial charge in [0.05, 0.1) is 12.0 Å². The molecule has 0 saturated heterocycles. The third-order valence-corrected chi connectivity index (χ3v) is 7.96. The number of carbonyl (C=O) groups excluding carboxylic acids is 1. The predicted molar refractivity (Wildman–Crippen MR) is 110 cm³/mol. The molecule has 4 heteroatoms. The second-order valence-electron chi connectivity index (χ2n) is 10.3. The maximum absolute atomic E-state index is 13.0. The number of rotatable bonds is 2. The van der Waals surface area contributed by atoms with Gasteiger partial charge in [-0.25, -0.2) is 0 Å². The SMILES string of the molecule is CC12CCC(C1)C(C)(C)C2N=C(NO)C1CCCCCCCCCCC1=O. The molecule has 3 fully saturated rings. The van der Waals surface area contributed by atoms with Gasteiger partial charge in [0.1, 0.15) is 11.6 Å². The quantitative estimate of drug-likeness (QED) is 0.370. The summed E-state index contributed by atoms with van der Waals surface area (Å²) in [5.41, 5.74) is 2.74. The molecule has 0 spiro atoms. The van der Waals surface area contributed by atoms with E-state index in [1.54, 1.807) is 0 Å². The number of hydroxylamine groups is 1. The van der Waals surface area contributed by atoms with Crippen LogP contribution < -0.4 is 5.48 Å². The van der Waals surface area contributed by atoms with Gasteiger partial charge in [0, 0.05) is 6.42 Å². The largest absolute Gasteiger partial charge is 0.299 e. The summed E-state index contributed by atoms with van der Waals surface area (Å²) in [7, 11) is 0. The molecule has 0 amide bonds. The number of hydrogen-bond acceptors (Lipinski definition) is 3. The number of hydrogen-bond donors (Lipinski definition) is 2. The first-order chi connectivity index (χ1) is 12.9. The predicted octanol–water partition coefficient (Wildman–Crippen LogP) is 5.68. The summed E-state index contributed by atoms with van der Waals surface area (Å²) in [6.07, 6.45) is 14.6. The standard InChI is InChI=1S/C23H40N2O2/c1-22(2)17-14-15-23(3,16-17)21(22)24-20(25-27)18-12-10-8-6-4-5-7-9-11-13-19(18)26/h17-18,21,27H,4-16H2,1-3H3,(H,24,25). The van der Waals surface area contributed by atoms with Crippen LogP contribution in [0, 0.1) is 22.7 Å². The Labute approximate surface area is 165 Å². The van der Waals surface area contributed by atoms with E-state index in [0.717, 1.165) is 25.7 Å². The molecule has 2 N–H and O–H groups in total. The van der Waals surface area contributed by atoms with Gasteiger partial charge < -0.3 is 0 Å². The summed E-state index contributed by atoms with van der Waals surface area (Å²) in [6, 6.07) is 0.188. The molecule has 0 aromatic rings. The van der Waals surface area contributed by atoms with E-state index >= 15 is 0 Å². The lowest BCUT2D eigenvalue weighted by Gasteiger charge is -2.40. The van der Waals surface area contributed by atoms with Crippen molar-refractivity contribution in [2.75, 3.05) is 0 Å². The Morgan fingerprint density at radius 3 is 2.22 bits per heavy atom. The first-order valence-corrected chi connectivity index (χ1v) is 11.4. The van der Waals surface area contributed by atoms with Gasteiger partial charge in [0.25, 0.3) is 0 Å². The Balaban J connectivity index is 1.80. The lowest BCUT2D eigenvalue weighted by Crippen LogP contribution is -2.43. The molecule has 154 valence electrons. The number of ketones is 1. The Bertz CT molecular complexity index is 552. The van der Waals surface area contributed by atoms with E-state index in [1.165, 1.54) is 51.4 Å². The van der Waals surface area contributed by atoms with Crippen molar-refractivity contribution in [1.82, 2.24) is 5.48 Å². The third kappa shape index (κ3) is 4.41. The molecule has 2 bridgehead atoms. The molecule has 0 heterocycles. The fourth-order valence-electron chi connectivity index (χ4n) is 6.27. The van der Waals surface area contributed by atoms with Crippen LogP contribution in [0.4, 0.5) is 0 Å². The molecular weight excluding hydrogens is 336 g/mol. The van der Waals surface area contributed by atoms with Crippen LogP contribution in [0.15, 0.2) is 4.99 Å². The monoisotopic (exact) mass is 376 g/mol. The van der Waals surface area contributed by atoms with Crippen molar-refractivity contribution in [2.24, 2.45) is 27.7 Å². The van der Waals surface area contributed by atoms with Crippen LogP contribution in [0.3, 0.4) is 0 Å². The van der Waals surface area contributed by atoms with Crippen molar-refractivity contribution in [1.29, 1.82) is 0 Å². The number of aliphatic imine (C=N–C) groups is 1. The van der Waals surface area contributed by atoms with Gasteiger partial charge in [-0.05, 0) is 48.9 Å². The highest BCUT2D eigenvalue weighted by Crippen LogP contribution is 2.63. The van der Waals surface area contributed by atoms with Gasteiger partial charge in [-0.2, -0.15) is 0 Å². The van der Waals surface area contributed by atoms with Gasteiger partial charge in [-0.3, -0.25) is 20.5 Å². The van der Waals surface area contributed by atoms with Crippen molar-refractivity contribution in [3.8, 4) is 0 Å². The molecule has 0 aliphatic heterocycles. The van der Waals surface area contributed by atoms with E-state index in [-0.39, 0.29) is 28.6 Å². The lowest BCUT2D eigenvalue weighted by atomic mass is 9.68. The molecule has 3 saturated carbocycles. The minimum absolute atomic E-state index is 0.142. The average Bonchev–Trinajstić information content (AvgIpc) is 3.10. The minimum Gasteiger partial charge on any atom is -0.299 e. The molecule has 4 nitrogen and oxygen atoms in total. The highest BCUT2D eigenvalue weighted by Gasteiger charge is 2.59. The highest BCUT2D eigenvalue weighted by molar-refractivity contribution is 6.03. The van der Waals surface area contributed by atoms with Crippen LogP contribution in [-0.2, 0) is 4.79 Å². The van der Waals surface area contributed by atoms with Gasteiger partial charge >= 0.3 is 0 Å². The first kappa shape index (κ1) is 20.8. The average molecular weight is 377 g/mol. The molecule has 0 aromatic heterocycles. The number of nitrogens with one attached hydrogen (secondary N) is 1. The zero-order chi connectivity index (χ0) is 19.5. The van der Waals surface area contributed by atoms with Crippen molar-refractivity contribution in [3.63, 3.8) is 0 Å². The highest BCUT2D eigenvalue weighted by atomic mass is 16.5. The maximum atomic E-state index is 13.0. The van der Waals surface area contributed by atoms with Crippen LogP contribution in [-0.4, -0.2) is 22.9 Å². The molecule has 0 radical (unpaired) electrons. The van der Waals surface area contributed by atoms with Crippen molar-refractivity contribution < 1.29 is 10.0 Å². The first-order valence-electron chi connectivity index (χ1n) is 11.4. The molecule has 4 unspecified atom stereocenters. The van der Waals surface area contributed by atoms with E-state index in [2.05, 4.69) is 26.3 Å². The fourth-order valence-corrected chi connectivity index (χ4v) is 6.27. The topological polar surface area (TPSA) is 61.7 Å². The summed E-state index contributed by atoms with van der Waals surface area (Å²) >= 11 is 0. The van der Waals surface area contributed by atoms with Crippen LogP contribution >= 0.6 is 0 Å². The minimum atomic E-state index is -0.257. The van der Waals surface area contributed by atoms with E-state index in [9.17, 15) is 10.0 Å². The zero-order valence-electron chi connectivity index (χ0n) is 17.7. The number of carbonyl (C=O) groups is 1. The molecule has 3 aliphatic rings. The Kier molecular flexibility index (Phi) is 6.66. The van der Waals surface area contributed by atoms with Crippen LogP contribution in [0.5, 0.6) is 0 Å². The second-order valence-corrected chi connectivity index (χ2v) is 10.3. The third-order valence-electron chi connectivity index (χ3n) is 7.96. The summed E-state index contributed by atoms with van der Waals surface area (Å²) < 4.78 is 0. The molecule has 4 atom stereocenters. The van der Waals surface area contributed by atoms with Crippen molar-refractivity contribution in [2.45, 2.75) is 110 Å². The van der Waals surface area contributed by atoms with Crippen LogP contribution in [0.1, 0.15) is 104 Å². The van der Waals surface area contributed by atoms with Gasteiger partial charge in [-0.1, -0.05) is 65.7 Å². The van der Waals surface area contributed by atoms with Crippen molar-refractivity contribution >= 4 is 11.6 Å². The molecular formula is C23H40N2O2. The van der Waals surface area contributed by atoms with Gasteiger partial charge in [-0.15, -0.1) is 0 Å². The summed E-state index contributed by atoms with van der Waals surface area (Å²) in [5, 5.41) is 9.94. The normalized spacial score (nSPS) is 38.3.